The van der Waals surface area contributed by atoms with E-state index in [9.17, 15) is 0 Å². The number of hydrogen-bond acceptors (Lipinski definition) is 3. The molecule has 0 aromatic carbocycles. The first kappa shape index (κ1) is 12.3. The minimum Gasteiger partial charge on any atom is -0.465 e. The lowest BCUT2D eigenvalue weighted by molar-refractivity contribution is 0.192. The maximum atomic E-state index is 5.54. The fourth-order valence-corrected chi connectivity index (χ4v) is 1.48. The van der Waals surface area contributed by atoms with Crippen molar-refractivity contribution < 1.29 is 9.15 Å². The van der Waals surface area contributed by atoms with Crippen molar-refractivity contribution in [3.05, 3.63) is 23.7 Å². The van der Waals surface area contributed by atoms with Crippen molar-refractivity contribution in [3.63, 3.8) is 0 Å². The Balaban J connectivity index is 2.16. The number of ether oxygens (including phenoxy) is 1. The van der Waals surface area contributed by atoms with E-state index in [1.54, 1.807) is 7.11 Å². The van der Waals surface area contributed by atoms with E-state index in [1.165, 1.54) is 0 Å². The second kappa shape index (κ2) is 6.64. The Labute approximate surface area is 91.8 Å². The van der Waals surface area contributed by atoms with Crippen LogP contribution < -0.4 is 5.32 Å². The van der Waals surface area contributed by atoms with Crippen molar-refractivity contribution in [3.8, 4) is 0 Å². The van der Waals surface area contributed by atoms with Crippen molar-refractivity contribution in [1.29, 1.82) is 0 Å². The number of unbranched alkanes of at least 4 members (excludes halogenated alkanes) is 1. The number of furan rings is 1. The van der Waals surface area contributed by atoms with Crippen LogP contribution in [0.25, 0.3) is 0 Å². The van der Waals surface area contributed by atoms with Crippen LogP contribution in [0.5, 0.6) is 0 Å². The molecule has 1 heterocycles. The summed E-state index contributed by atoms with van der Waals surface area (Å²) >= 11 is 0. The Morgan fingerprint density at radius 3 is 2.80 bits per heavy atom. The molecular formula is C12H21NO2. The lowest BCUT2D eigenvalue weighted by Gasteiger charge is -2.10. The van der Waals surface area contributed by atoms with Gasteiger partial charge < -0.3 is 14.5 Å². The van der Waals surface area contributed by atoms with Crippen LogP contribution in [0.15, 0.2) is 16.5 Å². The fourth-order valence-electron chi connectivity index (χ4n) is 1.48. The molecule has 0 saturated heterocycles. The van der Waals surface area contributed by atoms with Gasteiger partial charge in [0.1, 0.15) is 11.5 Å². The summed E-state index contributed by atoms with van der Waals surface area (Å²) in [5.74, 6) is 1.98. The Bertz CT molecular complexity index is 270. The molecule has 86 valence electrons. The van der Waals surface area contributed by atoms with Gasteiger partial charge in [-0.1, -0.05) is 0 Å². The molecule has 0 aliphatic heterocycles. The molecular weight excluding hydrogens is 190 g/mol. The van der Waals surface area contributed by atoms with E-state index in [-0.39, 0.29) is 0 Å². The van der Waals surface area contributed by atoms with Crippen LogP contribution in [-0.2, 0) is 4.74 Å². The zero-order chi connectivity index (χ0) is 11.1. The molecule has 1 aromatic rings. The molecule has 15 heavy (non-hydrogen) atoms. The molecule has 3 heteroatoms. The first-order valence-electron chi connectivity index (χ1n) is 5.52. The van der Waals surface area contributed by atoms with Crippen molar-refractivity contribution >= 4 is 0 Å². The molecule has 0 spiro atoms. The maximum Gasteiger partial charge on any atom is 0.120 e. The fraction of sp³-hybridized carbons (Fsp3) is 0.667. The highest BCUT2D eigenvalue weighted by Crippen LogP contribution is 2.15. The van der Waals surface area contributed by atoms with Crippen LogP contribution in [0, 0.1) is 6.92 Å². The van der Waals surface area contributed by atoms with Crippen LogP contribution >= 0.6 is 0 Å². The monoisotopic (exact) mass is 211 g/mol. The number of rotatable bonds is 7. The lowest BCUT2D eigenvalue weighted by atomic mass is 10.2. The Hall–Kier alpha value is -0.800. The van der Waals surface area contributed by atoms with Gasteiger partial charge in [-0.15, -0.1) is 0 Å². The summed E-state index contributed by atoms with van der Waals surface area (Å²) in [5.41, 5.74) is 0. The van der Waals surface area contributed by atoms with Crippen LogP contribution in [0.1, 0.15) is 37.3 Å². The Morgan fingerprint density at radius 1 is 1.40 bits per heavy atom. The minimum atomic E-state index is 0.293. The summed E-state index contributed by atoms with van der Waals surface area (Å²) in [6, 6.07) is 4.32. The molecule has 0 fully saturated rings. The molecule has 0 bridgehead atoms. The highest BCUT2D eigenvalue weighted by Gasteiger charge is 2.07. The van der Waals surface area contributed by atoms with Crippen molar-refractivity contribution in [2.45, 2.75) is 32.7 Å². The summed E-state index contributed by atoms with van der Waals surface area (Å²) in [5, 5.41) is 3.42. The highest BCUT2D eigenvalue weighted by atomic mass is 16.5. The third-order valence-corrected chi connectivity index (χ3v) is 2.41. The van der Waals surface area contributed by atoms with Crippen molar-refractivity contribution in [1.82, 2.24) is 5.32 Å². The zero-order valence-corrected chi connectivity index (χ0v) is 9.88. The van der Waals surface area contributed by atoms with Gasteiger partial charge in [-0.3, -0.25) is 0 Å². The van der Waals surface area contributed by atoms with E-state index in [2.05, 4.69) is 12.2 Å². The van der Waals surface area contributed by atoms with E-state index in [4.69, 9.17) is 9.15 Å². The number of hydrogen-bond donors (Lipinski definition) is 1. The average molecular weight is 211 g/mol. The molecule has 0 radical (unpaired) electrons. The molecule has 0 saturated carbocycles. The van der Waals surface area contributed by atoms with Crippen LogP contribution in [0.2, 0.25) is 0 Å². The smallest absolute Gasteiger partial charge is 0.120 e. The van der Waals surface area contributed by atoms with Gasteiger partial charge in [0, 0.05) is 13.7 Å². The van der Waals surface area contributed by atoms with Crippen molar-refractivity contribution in [2.24, 2.45) is 0 Å². The molecule has 0 amide bonds. The van der Waals surface area contributed by atoms with E-state index in [0.717, 1.165) is 37.5 Å². The summed E-state index contributed by atoms with van der Waals surface area (Å²) in [6.07, 6.45) is 2.24. The second-order valence-electron chi connectivity index (χ2n) is 3.82. The summed E-state index contributed by atoms with van der Waals surface area (Å²) < 4.78 is 10.5. The summed E-state index contributed by atoms with van der Waals surface area (Å²) in [6.45, 7) is 5.93. The Morgan fingerprint density at radius 2 is 2.20 bits per heavy atom. The van der Waals surface area contributed by atoms with Crippen LogP contribution in [0.3, 0.4) is 0 Å². The third kappa shape index (κ3) is 4.49. The van der Waals surface area contributed by atoms with E-state index in [0.29, 0.717) is 6.04 Å². The standard InChI is InChI=1S/C12H21NO2/c1-10-6-7-12(15-10)11(2)13-8-4-5-9-14-3/h6-7,11,13H,4-5,8-9H2,1-3H3. The molecule has 1 N–H and O–H groups in total. The molecule has 3 nitrogen and oxygen atoms in total. The SMILES string of the molecule is COCCCCNC(C)c1ccc(C)o1. The first-order chi connectivity index (χ1) is 7.24. The predicted octanol–water partition coefficient (Wildman–Crippen LogP) is 2.67. The quantitative estimate of drug-likeness (QED) is 0.704. The van der Waals surface area contributed by atoms with Gasteiger partial charge in [0.2, 0.25) is 0 Å². The van der Waals surface area contributed by atoms with E-state index >= 15 is 0 Å². The van der Waals surface area contributed by atoms with Gasteiger partial charge in [-0.05, 0) is 45.4 Å². The van der Waals surface area contributed by atoms with Gasteiger partial charge >= 0.3 is 0 Å². The molecule has 1 rings (SSSR count). The second-order valence-corrected chi connectivity index (χ2v) is 3.82. The van der Waals surface area contributed by atoms with Gasteiger partial charge in [0.25, 0.3) is 0 Å². The maximum absolute atomic E-state index is 5.54. The molecule has 1 aromatic heterocycles. The molecule has 0 aliphatic carbocycles. The summed E-state index contributed by atoms with van der Waals surface area (Å²) in [4.78, 5) is 0. The van der Waals surface area contributed by atoms with Crippen molar-refractivity contribution in [2.75, 3.05) is 20.3 Å². The summed E-state index contributed by atoms with van der Waals surface area (Å²) in [7, 11) is 1.74. The topological polar surface area (TPSA) is 34.4 Å². The van der Waals surface area contributed by atoms with Crippen LogP contribution in [0.4, 0.5) is 0 Å². The normalized spacial score (nSPS) is 13.0. The molecule has 1 unspecified atom stereocenters. The number of nitrogens with one attached hydrogen (secondary N) is 1. The minimum absolute atomic E-state index is 0.293. The average Bonchev–Trinajstić information content (AvgIpc) is 2.64. The van der Waals surface area contributed by atoms with Crippen LogP contribution in [-0.4, -0.2) is 20.3 Å². The Kier molecular flexibility index (Phi) is 5.43. The third-order valence-electron chi connectivity index (χ3n) is 2.41. The molecule has 0 aliphatic rings. The number of methoxy groups -OCH3 is 1. The van der Waals surface area contributed by atoms with E-state index < -0.39 is 0 Å². The lowest BCUT2D eigenvalue weighted by Crippen LogP contribution is -2.19. The largest absolute Gasteiger partial charge is 0.465 e. The molecule has 1 atom stereocenters. The first-order valence-corrected chi connectivity index (χ1v) is 5.52. The van der Waals surface area contributed by atoms with E-state index in [1.807, 2.05) is 19.1 Å². The van der Waals surface area contributed by atoms with Gasteiger partial charge in [-0.2, -0.15) is 0 Å². The number of aryl methyl sites for hydroxylation is 1. The predicted molar refractivity (Wildman–Crippen MR) is 61.0 cm³/mol. The van der Waals surface area contributed by atoms with Gasteiger partial charge in [0.15, 0.2) is 0 Å². The van der Waals surface area contributed by atoms with Gasteiger partial charge in [0.05, 0.1) is 6.04 Å². The zero-order valence-electron chi connectivity index (χ0n) is 9.88. The highest BCUT2D eigenvalue weighted by molar-refractivity contribution is 5.08. The van der Waals surface area contributed by atoms with Gasteiger partial charge in [-0.25, -0.2) is 0 Å².